The van der Waals surface area contributed by atoms with Crippen LogP contribution in [0.4, 0.5) is 13.2 Å². The number of hydrogen-bond acceptors (Lipinski definition) is 5. The van der Waals surface area contributed by atoms with Crippen LogP contribution in [-0.4, -0.2) is 16.5 Å². The topological polar surface area (TPSA) is 74.2 Å². The summed E-state index contributed by atoms with van der Waals surface area (Å²) in [7, 11) is 0. The van der Waals surface area contributed by atoms with Crippen LogP contribution < -0.4 is 10.5 Å². The molecule has 1 unspecified atom stereocenters. The summed E-state index contributed by atoms with van der Waals surface area (Å²) in [5.74, 6) is 0.194. The summed E-state index contributed by atoms with van der Waals surface area (Å²) in [6.07, 6.45) is -4.71. The van der Waals surface area contributed by atoms with Gasteiger partial charge in [0.15, 0.2) is 5.82 Å². The van der Waals surface area contributed by atoms with Crippen molar-refractivity contribution in [3.8, 4) is 17.2 Å². The maximum atomic E-state index is 12.0. The van der Waals surface area contributed by atoms with E-state index in [2.05, 4.69) is 14.9 Å². The number of halogens is 3. The Kier molecular flexibility index (Phi) is 3.43. The Morgan fingerprint density at radius 3 is 2.37 bits per heavy atom. The van der Waals surface area contributed by atoms with Crippen LogP contribution in [-0.2, 0) is 0 Å². The highest BCUT2D eigenvalue weighted by molar-refractivity contribution is 5.54. The van der Waals surface area contributed by atoms with Gasteiger partial charge in [0, 0.05) is 5.56 Å². The molecule has 0 bridgehead atoms. The van der Waals surface area contributed by atoms with Gasteiger partial charge in [-0.25, -0.2) is 0 Å². The minimum Gasteiger partial charge on any atom is -0.406 e. The van der Waals surface area contributed by atoms with E-state index in [1.807, 2.05) is 0 Å². The molecule has 1 aromatic carbocycles. The second-order valence-corrected chi connectivity index (χ2v) is 3.82. The highest BCUT2D eigenvalue weighted by Crippen LogP contribution is 2.26. The quantitative estimate of drug-likeness (QED) is 0.930. The lowest BCUT2D eigenvalue weighted by Crippen LogP contribution is -2.16. The van der Waals surface area contributed by atoms with E-state index in [4.69, 9.17) is 10.3 Å². The molecule has 2 rings (SSSR count). The van der Waals surface area contributed by atoms with Crippen molar-refractivity contribution in [2.75, 3.05) is 0 Å². The van der Waals surface area contributed by atoms with Gasteiger partial charge in [0.2, 0.25) is 0 Å². The fourth-order valence-corrected chi connectivity index (χ4v) is 1.34. The Morgan fingerprint density at radius 2 is 1.89 bits per heavy atom. The van der Waals surface area contributed by atoms with Gasteiger partial charge >= 0.3 is 6.36 Å². The Morgan fingerprint density at radius 1 is 1.26 bits per heavy atom. The number of nitrogens with two attached hydrogens (primary N) is 1. The first-order valence-electron chi connectivity index (χ1n) is 5.30. The second kappa shape index (κ2) is 4.88. The fraction of sp³-hybridized carbons (Fsp3) is 0.273. The number of nitrogens with zero attached hydrogens (tertiary/aromatic N) is 2. The van der Waals surface area contributed by atoms with E-state index in [1.54, 1.807) is 6.92 Å². The molecule has 0 aliphatic carbocycles. The monoisotopic (exact) mass is 273 g/mol. The van der Waals surface area contributed by atoms with E-state index in [0.717, 1.165) is 0 Å². The Hall–Kier alpha value is -2.09. The highest BCUT2D eigenvalue weighted by atomic mass is 19.4. The van der Waals surface area contributed by atoms with E-state index < -0.39 is 6.36 Å². The number of hydrogen-bond donors (Lipinski definition) is 1. The summed E-state index contributed by atoms with van der Waals surface area (Å²) in [6.45, 7) is 1.69. The molecule has 0 fully saturated rings. The summed E-state index contributed by atoms with van der Waals surface area (Å²) in [4.78, 5) is 4.02. The molecule has 0 radical (unpaired) electrons. The lowest BCUT2D eigenvalue weighted by atomic mass is 10.2. The Balaban J connectivity index is 2.17. The van der Waals surface area contributed by atoms with Crippen molar-refractivity contribution in [3.63, 3.8) is 0 Å². The summed E-state index contributed by atoms with van der Waals surface area (Å²) >= 11 is 0. The molecule has 5 nitrogen and oxygen atoms in total. The van der Waals surface area contributed by atoms with Crippen LogP contribution in [0.2, 0.25) is 0 Å². The average molecular weight is 273 g/mol. The van der Waals surface area contributed by atoms with Crippen molar-refractivity contribution in [1.82, 2.24) is 10.1 Å². The van der Waals surface area contributed by atoms with E-state index >= 15 is 0 Å². The zero-order valence-electron chi connectivity index (χ0n) is 9.81. The standard InChI is InChI=1S/C11H10F3N3O2/c1-6(15)9-16-10(19-17-9)7-2-4-8(5-3-7)18-11(12,13)14/h2-6H,15H2,1H3. The SMILES string of the molecule is CC(N)c1noc(-c2ccc(OC(F)(F)F)cc2)n1. The molecular formula is C11H10F3N3O2. The van der Waals surface area contributed by atoms with Crippen LogP contribution >= 0.6 is 0 Å². The van der Waals surface area contributed by atoms with E-state index in [1.165, 1.54) is 24.3 Å². The van der Waals surface area contributed by atoms with Crippen molar-refractivity contribution < 1.29 is 22.4 Å². The van der Waals surface area contributed by atoms with Crippen LogP contribution in [0.15, 0.2) is 28.8 Å². The number of rotatable bonds is 3. The number of benzene rings is 1. The number of alkyl halides is 3. The summed E-state index contributed by atoms with van der Waals surface area (Å²) in [5.41, 5.74) is 6.05. The van der Waals surface area contributed by atoms with Gasteiger partial charge < -0.3 is 15.0 Å². The molecule has 0 spiro atoms. The van der Waals surface area contributed by atoms with Crippen molar-refractivity contribution in [2.24, 2.45) is 5.73 Å². The normalized spacial score (nSPS) is 13.3. The zero-order valence-corrected chi connectivity index (χ0v) is 9.81. The minimum atomic E-state index is -4.71. The minimum absolute atomic E-state index is 0.186. The molecule has 2 N–H and O–H groups in total. The van der Waals surface area contributed by atoms with Gasteiger partial charge in [0.25, 0.3) is 5.89 Å². The zero-order chi connectivity index (χ0) is 14.0. The van der Waals surface area contributed by atoms with Crippen molar-refractivity contribution in [2.45, 2.75) is 19.3 Å². The van der Waals surface area contributed by atoms with Gasteiger partial charge in [0.05, 0.1) is 6.04 Å². The second-order valence-electron chi connectivity index (χ2n) is 3.82. The van der Waals surface area contributed by atoms with Gasteiger partial charge in [0.1, 0.15) is 5.75 Å². The van der Waals surface area contributed by atoms with Gasteiger partial charge in [-0.3, -0.25) is 0 Å². The Labute approximate surface area is 106 Å². The molecule has 0 saturated carbocycles. The largest absolute Gasteiger partial charge is 0.573 e. The molecule has 1 aromatic heterocycles. The molecule has 1 heterocycles. The Bertz CT molecular complexity index is 549. The van der Waals surface area contributed by atoms with Crippen LogP contribution in [0, 0.1) is 0 Å². The van der Waals surface area contributed by atoms with E-state index in [9.17, 15) is 13.2 Å². The van der Waals surface area contributed by atoms with Gasteiger partial charge in [-0.1, -0.05) is 5.16 Å². The van der Waals surface area contributed by atoms with Crippen LogP contribution in [0.5, 0.6) is 5.75 Å². The lowest BCUT2D eigenvalue weighted by molar-refractivity contribution is -0.274. The van der Waals surface area contributed by atoms with Crippen molar-refractivity contribution in [3.05, 3.63) is 30.1 Å². The molecule has 0 aliphatic heterocycles. The highest BCUT2D eigenvalue weighted by Gasteiger charge is 2.31. The molecular weight excluding hydrogens is 263 g/mol. The molecule has 2 aromatic rings. The maximum Gasteiger partial charge on any atom is 0.573 e. The summed E-state index contributed by atoms with van der Waals surface area (Å²) in [6, 6.07) is 4.72. The first kappa shape index (κ1) is 13.3. The third kappa shape index (κ3) is 3.44. The van der Waals surface area contributed by atoms with Gasteiger partial charge in [-0.05, 0) is 31.2 Å². The molecule has 8 heteroatoms. The van der Waals surface area contributed by atoms with Crippen LogP contribution in [0.3, 0.4) is 0 Å². The summed E-state index contributed by atoms with van der Waals surface area (Å²) in [5, 5.41) is 3.65. The third-order valence-corrected chi connectivity index (χ3v) is 2.18. The number of aromatic nitrogens is 2. The molecule has 0 aliphatic rings. The van der Waals surface area contributed by atoms with Crippen LogP contribution in [0.25, 0.3) is 11.5 Å². The third-order valence-electron chi connectivity index (χ3n) is 2.18. The summed E-state index contributed by atoms with van der Waals surface area (Å²) < 4.78 is 44.6. The van der Waals surface area contributed by atoms with Crippen molar-refractivity contribution >= 4 is 0 Å². The predicted molar refractivity (Wildman–Crippen MR) is 59.0 cm³/mol. The predicted octanol–water partition coefficient (Wildman–Crippen LogP) is 2.65. The molecule has 0 saturated heterocycles. The molecule has 19 heavy (non-hydrogen) atoms. The van der Waals surface area contributed by atoms with Crippen molar-refractivity contribution in [1.29, 1.82) is 0 Å². The first-order valence-corrected chi connectivity index (χ1v) is 5.30. The molecule has 1 atom stereocenters. The fourth-order valence-electron chi connectivity index (χ4n) is 1.34. The van der Waals surface area contributed by atoms with Crippen LogP contribution in [0.1, 0.15) is 18.8 Å². The van der Waals surface area contributed by atoms with Gasteiger partial charge in [-0.2, -0.15) is 4.98 Å². The maximum absolute atomic E-state index is 12.0. The smallest absolute Gasteiger partial charge is 0.406 e. The van der Waals surface area contributed by atoms with Gasteiger partial charge in [-0.15, -0.1) is 13.2 Å². The molecule has 0 amide bonds. The average Bonchev–Trinajstić information content (AvgIpc) is 2.77. The van der Waals surface area contributed by atoms with E-state index in [0.29, 0.717) is 11.4 Å². The molecule has 102 valence electrons. The first-order chi connectivity index (χ1) is 8.85. The lowest BCUT2D eigenvalue weighted by Gasteiger charge is -2.08. The number of ether oxygens (including phenoxy) is 1. The van der Waals surface area contributed by atoms with E-state index in [-0.39, 0.29) is 17.7 Å².